The van der Waals surface area contributed by atoms with Gasteiger partial charge in [0.2, 0.25) is 0 Å². The first-order valence-electron chi connectivity index (χ1n) is 5.39. The summed E-state index contributed by atoms with van der Waals surface area (Å²) in [6.07, 6.45) is 1.08. The van der Waals surface area contributed by atoms with Crippen molar-refractivity contribution < 1.29 is 15.0 Å². The minimum Gasteiger partial charge on any atom is -0.506 e. The molecule has 3 N–H and O–H groups in total. The summed E-state index contributed by atoms with van der Waals surface area (Å²) in [5, 5.41) is 21.8. The largest absolute Gasteiger partial charge is 0.506 e. The van der Waals surface area contributed by atoms with Crippen molar-refractivity contribution in [2.45, 2.75) is 32.3 Å². The molecule has 1 aromatic carbocycles. The Morgan fingerprint density at radius 3 is 2.71 bits per heavy atom. The van der Waals surface area contributed by atoms with Crippen LogP contribution in [-0.4, -0.2) is 21.7 Å². The van der Waals surface area contributed by atoms with E-state index < -0.39 is 11.5 Å². The van der Waals surface area contributed by atoms with Crippen LogP contribution >= 0.6 is 11.6 Å². The second-order valence-electron chi connectivity index (χ2n) is 4.14. The van der Waals surface area contributed by atoms with E-state index >= 15 is 0 Å². The van der Waals surface area contributed by atoms with Gasteiger partial charge in [-0.15, -0.1) is 0 Å². The van der Waals surface area contributed by atoms with Crippen LogP contribution in [-0.2, 0) is 4.79 Å². The van der Waals surface area contributed by atoms with E-state index in [1.54, 1.807) is 0 Å². The van der Waals surface area contributed by atoms with Crippen molar-refractivity contribution in [3.05, 3.63) is 23.2 Å². The van der Waals surface area contributed by atoms with Gasteiger partial charge in [0.15, 0.2) is 0 Å². The number of aliphatic hydroxyl groups is 1. The fourth-order valence-electron chi connectivity index (χ4n) is 1.45. The number of halogens is 1. The van der Waals surface area contributed by atoms with Crippen LogP contribution in [0.5, 0.6) is 5.75 Å². The summed E-state index contributed by atoms with van der Waals surface area (Å²) in [4.78, 5) is 11.8. The quantitative estimate of drug-likeness (QED) is 0.726. The van der Waals surface area contributed by atoms with E-state index in [0.717, 1.165) is 0 Å². The fraction of sp³-hybridized carbons (Fsp3) is 0.417. The summed E-state index contributed by atoms with van der Waals surface area (Å²) >= 11 is 5.71. The van der Waals surface area contributed by atoms with Gasteiger partial charge < -0.3 is 15.5 Å². The van der Waals surface area contributed by atoms with Crippen molar-refractivity contribution in [1.29, 1.82) is 0 Å². The summed E-state index contributed by atoms with van der Waals surface area (Å²) < 4.78 is 0. The Bertz CT molecular complexity index is 418. The average Bonchev–Trinajstić information content (AvgIpc) is 2.23. The zero-order valence-electron chi connectivity index (χ0n) is 9.83. The number of hydrogen-bond donors (Lipinski definition) is 3. The number of amides is 1. The van der Waals surface area contributed by atoms with E-state index in [4.69, 9.17) is 11.6 Å². The highest BCUT2D eigenvalue weighted by Gasteiger charge is 2.29. The number of hydrogen-bond acceptors (Lipinski definition) is 3. The number of carbonyl (C=O) groups is 1. The Labute approximate surface area is 105 Å². The van der Waals surface area contributed by atoms with E-state index in [-0.39, 0.29) is 10.8 Å². The maximum atomic E-state index is 11.8. The molecule has 0 aromatic heterocycles. The zero-order valence-corrected chi connectivity index (χ0v) is 10.6. The molecule has 1 rings (SSSR count). The van der Waals surface area contributed by atoms with Crippen LogP contribution in [0, 0.1) is 0 Å². The van der Waals surface area contributed by atoms with Gasteiger partial charge in [0.05, 0.1) is 5.02 Å². The molecule has 0 aliphatic rings. The fourth-order valence-corrected chi connectivity index (χ4v) is 1.63. The Morgan fingerprint density at radius 1 is 1.53 bits per heavy atom. The van der Waals surface area contributed by atoms with Gasteiger partial charge in [-0.2, -0.15) is 0 Å². The first-order valence-corrected chi connectivity index (χ1v) is 5.77. The minimum absolute atomic E-state index is 0.0509. The van der Waals surface area contributed by atoms with Gasteiger partial charge in [-0.3, -0.25) is 4.79 Å². The molecule has 0 aliphatic carbocycles. The maximum absolute atomic E-state index is 11.8. The highest BCUT2D eigenvalue weighted by Crippen LogP contribution is 2.26. The number of benzene rings is 1. The summed E-state index contributed by atoms with van der Waals surface area (Å²) in [6, 6.07) is 4.32. The van der Waals surface area contributed by atoms with Crippen molar-refractivity contribution in [2.75, 3.05) is 5.32 Å². The lowest BCUT2D eigenvalue weighted by atomic mass is 10.00. The average molecular weight is 258 g/mol. The van der Waals surface area contributed by atoms with Crippen LogP contribution in [0.25, 0.3) is 0 Å². The summed E-state index contributed by atoms with van der Waals surface area (Å²) in [7, 11) is 0. The third-order valence-electron chi connectivity index (χ3n) is 2.43. The third kappa shape index (κ3) is 3.61. The van der Waals surface area contributed by atoms with Crippen molar-refractivity contribution in [2.24, 2.45) is 0 Å². The molecule has 17 heavy (non-hydrogen) atoms. The lowest BCUT2D eigenvalue weighted by Crippen LogP contribution is -2.39. The molecule has 1 amide bonds. The molecule has 1 unspecified atom stereocenters. The topological polar surface area (TPSA) is 69.6 Å². The van der Waals surface area contributed by atoms with Gasteiger partial charge >= 0.3 is 0 Å². The molecule has 0 spiro atoms. The summed E-state index contributed by atoms with van der Waals surface area (Å²) in [5.41, 5.74) is -0.965. The number of aromatic hydroxyl groups is 1. The summed E-state index contributed by atoms with van der Waals surface area (Å²) in [6.45, 7) is 3.35. The molecule has 0 saturated heterocycles. The first-order chi connectivity index (χ1) is 7.86. The molecule has 0 saturated carbocycles. The lowest BCUT2D eigenvalue weighted by molar-refractivity contribution is -0.133. The number of carbonyl (C=O) groups excluding carboxylic acids is 1. The Kier molecular flexibility index (Phi) is 4.37. The van der Waals surface area contributed by atoms with Gasteiger partial charge in [0.25, 0.3) is 5.91 Å². The second-order valence-corrected chi connectivity index (χ2v) is 4.55. The zero-order chi connectivity index (χ0) is 13.1. The SMILES string of the molecule is CCCC(C)(O)C(=O)Nc1ccc(O)c(Cl)c1. The van der Waals surface area contributed by atoms with Gasteiger partial charge in [0.1, 0.15) is 11.4 Å². The monoisotopic (exact) mass is 257 g/mol. The van der Waals surface area contributed by atoms with Gasteiger partial charge in [-0.25, -0.2) is 0 Å². The van der Waals surface area contributed by atoms with Crippen LogP contribution < -0.4 is 5.32 Å². The highest BCUT2D eigenvalue weighted by molar-refractivity contribution is 6.32. The molecule has 0 bridgehead atoms. The van der Waals surface area contributed by atoms with E-state index in [1.165, 1.54) is 25.1 Å². The van der Waals surface area contributed by atoms with Crippen LogP contribution in [0.3, 0.4) is 0 Å². The number of nitrogens with one attached hydrogen (secondary N) is 1. The summed E-state index contributed by atoms with van der Waals surface area (Å²) in [5.74, 6) is -0.536. The van der Waals surface area contributed by atoms with Gasteiger partial charge in [-0.1, -0.05) is 24.9 Å². The number of phenolic OH excluding ortho intramolecular Hbond substituents is 1. The molecule has 0 radical (unpaired) electrons. The molecule has 94 valence electrons. The number of phenols is 1. The Balaban J connectivity index is 2.77. The maximum Gasteiger partial charge on any atom is 0.256 e. The third-order valence-corrected chi connectivity index (χ3v) is 2.73. The van der Waals surface area contributed by atoms with Crippen LogP contribution in [0.4, 0.5) is 5.69 Å². The van der Waals surface area contributed by atoms with Crippen LogP contribution in [0.1, 0.15) is 26.7 Å². The Morgan fingerprint density at radius 2 is 2.18 bits per heavy atom. The van der Waals surface area contributed by atoms with Crippen LogP contribution in [0.2, 0.25) is 5.02 Å². The van der Waals surface area contributed by atoms with E-state index in [9.17, 15) is 15.0 Å². The smallest absolute Gasteiger partial charge is 0.256 e. The highest BCUT2D eigenvalue weighted by atomic mass is 35.5. The molecule has 1 atom stereocenters. The van der Waals surface area contributed by atoms with Crippen molar-refractivity contribution >= 4 is 23.2 Å². The Hall–Kier alpha value is -1.26. The molecular formula is C12H16ClNO3. The molecule has 0 fully saturated rings. The normalized spacial score (nSPS) is 14.1. The standard InChI is InChI=1S/C12H16ClNO3/c1-3-6-12(2,17)11(16)14-8-4-5-10(15)9(13)7-8/h4-5,7,15,17H,3,6H2,1-2H3,(H,14,16). The molecule has 1 aromatic rings. The second kappa shape index (κ2) is 5.38. The molecule has 5 heteroatoms. The predicted octanol–water partition coefficient (Wildman–Crippen LogP) is 2.54. The molecule has 0 aliphatic heterocycles. The van der Waals surface area contributed by atoms with Crippen molar-refractivity contribution in [1.82, 2.24) is 0 Å². The number of anilines is 1. The van der Waals surface area contributed by atoms with Crippen molar-refractivity contribution in [3.8, 4) is 5.75 Å². The van der Waals surface area contributed by atoms with E-state index in [0.29, 0.717) is 18.5 Å². The van der Waals surface area contributed by atoms with Gasteiger partial charge in [0, 0.05) is 5.69 Å². The van der Waals surface area contributed by atoms with E-state index in [1.807, 2.05) is 6.92 Å². The molecule has 0 heterocycles. The van der Waals surface area contributed by atoms with Crippen LogP contribution in [0.15, 0.2) is 18.2 Å². The number of rotatable bonds is 4. The molecular weight excluding hydrogens is 242 g/mol. The lowest BCUT2D eigenvalue weighted by Gasteiger charge is -2.21. The van der Waals surface area contributed by atoms with E-state index in [2.05, 4.69) is 5.32 Å². The molecule has 4 nitrogen and oxygen atoms in total. The minimum atomic E-state index is -1.40. The first kappa shape index (κ1) is 13.8. The van der Waals surface area contributed by atoms with Gasteiger partial charge in [-0.05, 0) is 31.5 Å². The predicted molar refractivity (Wildman–Crippen MR) is 67.3 cm³/mol. The van der Waals surface area contributed by atoms with Crippen molar-refractivity contribution in [3.63, 3.8) is 0 Å².